The van der Waals surface area contributed by atoms with Crippen molar-refractivity contribution in [3.05, 3.63) is 0 Å². The molecule has 0 bridgehead atoms. The maximum absolute atomic E-state index is 14.0. The van der Waals surface area contributed by atoms with Crippen LogP contribution < -0.4 is 0 Å². The van der Waals surface area contributed by atoms with E-state index in [0.717, 1.165) is 31.6 Å². The second-order valence-electron chi connectivity index (χ2n) is 12.5. The van der Waals surface area contributed by atoms with Gasteiger partial charge in [0, 0.05) is 18.9 Å². The molecule has 4 rings (SSSR count). The van der Waals surface area contributed by atoms with E-state index in [4.69, 9.17) is 4.74 Å². The topological polar surface area (TPSA) is 70.1 Å². The highest BCUT2D eigenvalue weighted by atomic mass is 16.6. The molecule has 1 aliphatic heterocycles. The van der Waals surface area contributed by atoms with E-state index in [1.807, 2.05) is 0 Å². The average Bonchev–Trinajstić information content (AvgIpc) is 3.29. The van der Waals surface area contributed by atoms with Crippen molar-refractivity contribution in [1.82, 2.24) is 0 Å². The van der Waals surface area contributed by atoms with Crippen molar-refractivity contribution in [3.63, 3.8) is 0 Å². The maximum Gasteiger partial charge on any atom is 0.145 e. The molecule has 1 heterocycles. The molecule has 4 fully saturated rings. The standard InChI is InChI=1S/C27H46O4/c1-17(2)7-6-8-18(3)21-9-10-22(25(21,4)13-14-28)20-15-23-27(31-23)16-19(29)11-12-26(27,5)24(20)30/h17-23,28-29H,6-16H2,1-5H3/t18-,19+,20+,21-,22+,23-,25-,26-,27-/m1/s1. The van der Waals surface area contributed by atoms with Gasteiger partial charge in [0.1, 0.15) is 11.4 Å². The number of ketones is 1. The van der Waals surface area contributed by atoms with E-state index in [2.05, 4.69) is 34.6 Å². The number of hydrogen-bond acceptors (Lipinski definition) is 4. The summed E-state index contributed by atoms with van der Waals surface area (Å²) in [6.07, 6.45) is 9.60. The predicted molar refractivity (Wildman–Crippen MR) is 123 cm³/mol. The molecule has 0 aromatic heterocycles. The Balaban J connectivity index is 1.53. The number of epoxide rings is 1. The largest absolute Gasteiger partial charge is 0.396 e. The van der Waals surface area contributed by atoms with Crippen LogP contribution in [-0.4, -0.2) is 40.4 Å². The first-order valence-corrected chi connectivity index (χ1v) is 13.1. The summed E-state index contributed by atoms with van der Waals surface area (Å²) < 4.78 is 6.25. The number of rotatable bonds is 8. The van der Waals surface area contributed by atoms with Crippen LogP contribution in [0.5, 0.6) is 0 Å². The van der Waals surface area contributed by atoms with Gasteiger partial charge in [-0.05, 0) is 74.5 Å². The maximum atomic E-state index is 14.0. The lowest BCUT2D eigenvalue weighted by atomic mass is 9.52. The summed E-state index contributed by atoms with van der Waals surface area (Å²) >= 11 is 0. The fourth-order valence-electron chi connectivity index (χ4n) is 8.44. The predicted octanol–water partition coefficient (Wildman–Crippen LogP) is 5.14. The summed E-state index contributed by atoms with van der Waals surface area (Å²) in [7, 11) is 0. The summed E-state index contributed by atoms with van der Waals surface area (Å²) in [5.74, 6) is 2.75. The zero-order valence-electron chi connectivity index (χ0n) is 20.5. The third-order valence-electron chi connectivity index (χ3n) is 10.4. The Morgan fingerprint density at radius 1 is 1.13 bits per heavy atom. The van der Waals surface area contributed by atoms with E-state index in [1.165, 1.54) is 25.7 Å². The summed E-state index contributed by atoms with van der Waals surface area (Å²) in [5.41, 5.74) is -0.819. The molecule has 1 saturated heterocycles. The highest BCUT2D eigenvalue weighted by Gasteiger charge is 2.75. The van der Waals surface area contributed by atoms with Gasteiger partial charge in [0.15, 0.2) is 0 Å². The smallest absolute Gasteiger partial charge is 0.145 e. The quantitative estimate of drug-likeness (QED) is 0.519. The van der Waals surface area contributed by atoms with E-state index in [-0.39, 0.29) is 30.1 Å². The Morgan fingerprint density at radius 3 is 2.55 bits per heavy atom. The van der Waals surface area contributed by atoms with Gasteiger partial charge in [0.25, 0.3) is 0 Å². The van der Waals surface area contributed by atoms with Crippen LogP contribution in [-0.2, 0) is 9.53 Å². The van der Waals surface area contributed by atoms with E-state index in [0.29, 0.717) is 36.4 Å². The number of carbonyl (C=O) groups is 1. The number of aliphatic hydroxyl groups excluding tert-OH is 2. The monoisotopic (exact) mass is 434 g/mol. The van der Waals surface area contributed by atoms with Crippen LogP contribution >= 0.6 is 0 Å². The fraction of sp³-hybridized carbons (Fsp3) is 0.963. The average molecular weight is 435 g/mol. The SMILES string of the molecule is CC(C)CCC[C@@H](C)[C@H]1CC[C@@H]([C@@H]2C[C@H]3O[C@]34C[C@@H](O)CC[C@]4(C)C2=O)[C@]1(C)CCO. The number of aliphatic hydroxyl groups is 2. The second-order valence-corrected chi connectivity index (χ2v) is 12.5. The molecule has 4 aliphatic rings. The second kappa shape index (κ2) is 8.40. The molecule has 4 nitrogen and oxygen atoms in total. The van der Waals surface area contributed by atoms with Gasteiger partial charge < -0.3 is 14.9 Å². The molecule has 0 radical (unpaired) electrons. The molecule has 31 heavy (non-hydrogen) atoms. The number of Topliss-reactive ketones (excluding diaryl/α,β-unsaturated/α-hetero) is 1. The van der Waals surface area contributed by atoms with E-state index >= 15 is 0 Å². The molecule has 3 aliphatic carbocycles. The van der Waals surface area contributed by atoms with E-state index in [1.54, 1.807) is 0 Å². The normalized spacial score (nSPS) is 47.9. The van der Waals surface area contributed by atoms with E-state index < -0.39 is 11.0 Å². The number of carbonyl (C=O) groups excluding carboxylic acids is 1. The van der Waals surface area contributed by atoms with Gasteiger partial charge >= 0.3 is 0 Å². The fourth-order valence-corrected chi connectivity index (χ4v) is 8.44. The lowest BCUT2D eigenvalue weighted by molar-refractivity contribution is -0.147. The molecule has 0 aromatic rings. The Bertz CT molecular complexity index is 676. The van der Waals surface area contributed by atoms with E-state index in [9.17, 15) is 15.0 Å². The molecular formula is C27H46O4. The van der Waals surface area contributed by atoms with Gasteiger partial charge in [-0.3, -0.25) is 4.79 Å². The van der Waals surface area contributed by atoms with Crippen LogP contribution in [0.1, 0.15) is 98.8 Å². The summed E-state index contributed by atoms with van der Waals surface area (Å²) in [6.45, 7) is 11.7. The molecule has 1 spiro atoms. The van der Waals surface area contributed by atoms with Crippen LogP contribution in [0.25, 0.3) is 0 Å². The Hall–Kier alpha value is -0.450. The number of ether oxygens (including phenoxy) is 1. The highest BCUT2D eigenvalue weighted by molar-refractivity contribution is 5.90. The van der Waals surface area contributed by atoms with Crippen molar-refractivity contribution in [2.45, 2.75) is 117 Å². The molecule has 0 amide bonds. The van der Waals surface area contributed by atoms with Crippen LogP contribution in [0, 0.1) is 40.4 Å². The Labute approximate surface area is 189 Å². The van der Waals surface area contributed by atoms with Crippen molar-refractivity contribution in [2.24, 2.45) is 40.4 Å². The highest BCUT2D eigenvalue weighted by Crippen LogP contribution is 2.68. The number of hydrogen-bond donors (Lipinski definition) is 2. The van der Waals surface area contributed by atoms with Crippen LogP contribution in [0.4, 0.5) is 0 Å². The third-order valence-corrected chi connectivity index (χ3v) is 10.4. The van der Waals surface area contributed by atoms with Crippen LogP contribution in [0.3, 0.4) is 0 Å². The minimum atomic E-state index is -0.444. The molecule has 3 saturated carbocycles. The first-order valence-electron chi connectivity index (χ1n) is 13.1. The van der Waals surface area contributed by atoms with Crippen LogP contribution in [0.15, 0.2) is 0 Å². The molecule has 4 heteroatoms. The minimum Gasteiger partial charge on any atom is -0.396 e. The zero-order valence-corrected chi connectivity index (χ0v) is 20.5. The third kappa shape index (κ3) is 3.73. The van der Waals surface area contributed by atoms with Crippen LogP contribution in [0.2, 0.25) is 0 Å². The Kier molecular flexibility index (Phi) is 6.42. The van der Waals surface area contributed by atoms with Gasteiger partial charge in [-0.25, -0.2) is 0 Å². The van der Waals surface area contributed by atoms with Gasteiger partial charge in [0.05, 0.1) is 17.6 Å². The molecule has 178 valence electrons. The first kappa shape index (κ1) is 23.7. The summed E-state index contributed by atoms with van der Waals surface area (Å²) in [5, 5.41) is 20.3. The first-order chi connectivity index (χ1) is 14.6. The molecule has 0 aromatic carbocycles. The minimum absolute atomic E-state index is 0.0196. The zero-order chi connectivity index (χ0) is 22.6. The molecule has 2 N–H and O–H groups in total. The lowest BCUT2D eigenvalue weighted by Gasteiger charge is -2.49. The van der Waals surface area contributed by atoms with Crippen molar-refractivity contribution in [1.29, 1.82) is 0 Å². The van der Waals surface area contributed by atoms with Gasteiger partial charge in [-0.1, -0.05) is 47.0 Å². The van der Waals surface area contributed by atoms with Gasteiger partial charge in [-0.15, -0.1) is 0 Å². The molecular weight excluding hydrogens is 388 g/mol. The molecule has 0 unspecified atom stereocenters. The Morgan fingerprint density at radius 2 is 1.87 bits per heavy atom. The summed E-state index contributed by atoms with van der Waals surface area (Å²) in [4.78, 5) is 14.0. The van der Waals surface area contributed by atoms with Crippen molar-refractivity contribution in [3.8, 4) is 0 Å². The van der Waals surface area contributed by atoms with Gasteiger partial charge in [-0.2, -0.15) is 0 Å². The molecule has 9 atom stereocenters. The lowest BCUT2D eigenvalue weighted by Crippen LogP contribution is -2.57. The van der Waals surface area contributed by atoms with Crippen molar-refractivity contribution in [2.75, 3.05) is 6.61 Å². The summed E-state index contributed by atoms with van der Waals surface area (Å²) in [6, 6.07) is 0. The van der Waals surface area contributed by atoms with Crippen molar-refractivity contribution < 1.29 is 19.7 Å². The van der Waals surface area contributed by atoms with Crippen molar-refractivity contribution >= 4 is 5.78 Å². The van der Waals surface area contributed by atoms with Gasteiger partial charge in [0.2, 0.25) is 0 Å².